The van der Waals surface area contributed by atoms with E-state index in [-0.39, 0.29) is 11.9 Å². The lowest BCUT2D eigenvalue weighted by atomic mass is 10.0. The van der Waals surface area contributed by atoms with E-state index in [4.69, 9.17) is 4.74 Å². The summed E-state index contributed by atoms with van der Waals surface area (Å²) in [6.07, 6.45) is 6.57. The average molecular weight is 385 g/mol. The number of carbonyl (C=O) groups is 2. The fraction of sp³-hybridized carbons (Fsp3) is 0.500. The molecule has 3 rings (SSSR count). The number of aryl methyl sites for hydroxylation is 1. The van der Waals surface area contributed by atoms with E-state index in [1.807, 2.05) is 6.92 Å². The third kappa shape index (κ3) is 4.16. The van der Waals surface area contributed by atoms with Gasteiger partial charge in [-0.2, -0.15) is 0 Å². The van der Waals surface area contributed by atoms with Crippen LogP contribution in [-0.2, 0) is 11.2 Å². The number of carbonyl (C=O) groups excluding carboxylic acids is 2. The molecule has 0 saturated carbocycles. The smallest absolute Gasteiger partial charge is 0.339 e. The number of nitrogens with zero attached hydrogens (tertiary/aromatic N) is 3. The molecule has 0 aliphatic carbocycles. The van der Waals surface area contributed by atoms with Crippen molar-refractivity contribution in [1.29, 1.82) is 0 Å². The summed E-state index contributed by atoms with van der Waals surface area (Å²) in [6, 6.07) is 1.87. The summed E-state index contributed by atoms with van der Waals surface area (Å²) in [6.45, 7) is 5.38. The number of hydrogen-bond acceptors (Lipinski definition) is 6. The highest BCUT2D eigenvalue weighted by molar-refractivity contribution is 6.00. The van der Waals surface area contributed by atoms with E-state index < -0.39 is 5.97 Å². The number of H-pyrrole nitrogens is 1. The maximum atomic E-state index is 12.9. The van der Waals surface area contributed by atoms with E-state index in [2.05, 4.69) is 25.2 Å². The summed E-state index contributed by atoms with van der Waals surface area (Å²) >= 11 is 0. The molecule has 1 aliphatic heterocycles. The first-order valence-corrected chi connectivity index (χ1v) is 9.67. The van der Waals surface area contributed by atoms with Crippen LogP contribution in [0.25, 0.3) is 0 Å². The Hall–Kier alpha value is -2.90. The molecule has 150 valence electrons. The van der Waals surface area contributed by atoms with Gasteiger partial charge >= 0.3 is 5.97 Å². The molecule has 1 aliphatic rings. The molecular formula is C20H27N5O3. The molecule has 28 heavy (non-hydrogen) atoms. The summed E-state index contributed by atoms with van der Waals surface area (Å²) in [5.74, 6) is 0.142. The minimum absolute atomic E-state index is 0.0760. The van der Waals surface area contributed by atoms with Crippen LogP contribution in [0.1, 0.15) is 58.3 Å². The predicted octanol–water partition coefficient (Wildman–Crippen LogP) is 2.25. The molecule has 8 nitrogen and oxygen atoms in total. The topological polar surface area (TPSA) is 100 Å². The lowest BCUT2D eigenvalue weighted by Gasteiger charge is -2.32. The van der Waals surface area contributed by atoms with Gasteiger partial charge in [-0.1, -0.05) is 13.3 Å². The molecule has 1 saturated heterocycles. The van der Waals surface area contributed by atoms with Gasteiger partial charge in [0.05, 0.1) is 12.7 Å². The maximum absolute atomic E-state index is 12.9. The van der Waals surface area contributed by atoms with Crippen molar-refractivity contribution in [3.05, 3.63) is 41.0 Å². The van der Waals surface area contributed by atoms with Crippen molar-refractivity contribution in [3.8, 4) is 0 Å². The molecule has 2 aromatic heterocycles. The van der Waals surface area contributed by atoms with Gasteiger partial charge in [-0.15, -0.1) is 0 Å². The minimum atomic E-state index is -0.410. The number of esters is 1. The van der Waals surface area contributed by atoms with Crippen LogP contribution < -0.4 is 10.2 Å². The van der Waals surface area contributed by atoms with Gasteiger partial charge in [0.1, 0.15) is 5.69 Å². The summed E-state index contributed by atoms with van der Waals surface area (Å²) in [4.78, 5) is 38.8. The third-order valence-corrected chi connectivity index (χ3v) is 5.07. The number of rotatable bonds is 6. The normalized spacial score (nSPS) is 14.8. The van der Waals surface area contributed by atoms with Crippen molar-refractivity contribution < 1.29 is 14.3 Å². The molecule has 0 bridgehead atoms. The Kier molecular flexibility index (Phi) is 6.28. The summed E-state index contributed by atoms with van der Waals surface area (Å²) in [7, 11) is 1.36. The third-order valence-electron chi connectivity index (χ3n) is 5.07. The Labute approximate surface area is 164 Å². The van der Waals surface area contributed by atoms with Gasteiger partial charge in [0.25, 0.3) is 5.91 Å². The van der Waals surface area contributed by atoms with Crippen molar-refractivity contribution in [2.24, 2.45) is 0 Å². The molecule has 8 heteroatoms. The van der Waals surface area contributed by atoms with E-state index in [1.165, 1.54) is 7.11 Å². The molecule has 2 aromatic rings. The number of ether oxygens (including phenoxy) is 1. The molecule has 1 amide bonds. The molecule has 0 aromatic carbocycles. The van der Waals surface area contributed by atoms with Crippen LogP contribution in [0.4, 0.5) is 5.95 Å². The summed E-state index contributed by atoms with van der Waals surface area (Å²) < 4.78 is 4.89. The van der Waals surface area contributed by atoms with Gasteiger partial charge in [-0.25, -0.2) is 14.8 Å². The number of piperidine rings is 1. The van der Waals surface area contributed by atoms with Gasteiger partial charge in [0.15, 0.2) is 0 Å². The summed E-state index contributed by atoms with van der Waals surface area (Å²) in [5, 5.41) is 3.11. The first-order valence-electron chi connectivity index (χ1n) is 9.67. The maximum Gasteiger partial charge on any atom is 0.339 e. The van der Waals surface area contributed by atoms with Crippen molar-refractivity contribution in [1.82, 2.24) is 20.3 Å². The number of anilines is 1. The number of amides is 1. The van der Waals surface area contributed by atoms with E-state index in [0.717, 1.165) is 43.9 Å². The molecule has 0 spiro atoms. The van der Waals surface area contributed by atoms with Crippen LogP contribution in [-0.4, -0.2) is 53.1 Å². The van der Waals surface area contributed by atoms with E-state index in [0.29, 0.717) is 23.4 Å². The molecule has 0 unspecified atom stereocenters. The minimum Gasteiger partial charge on any atom is -0.465 e. The van der Waals surface area contributed by atoms with Crippen LogP contribution in [0.3, 0.4) is 0 Å². The fourth-order valence-electron chi connectivity index (χ4n) is 3.68. The van der Waals surface area contributed by atoms with E-state index in [1.54, 1.807) is 25.4 Å². The zero-order valence-corrected chi connectivity index (χ0v) is 16.6. The highest BCUT2D eigenvalue weighted by Gasteiger charge is 2.27. The number of aromatic nitrogens is 3. The number of methoxy groups -OCH3 is 1. The number of nitrogens with one attached hydrogen (secondary N) is 2. The Morgan fingerprint density at radius 3 is 2.57 bits per heavy atom. The Morgan fingerprint density at radius 1 is 1.29 bits per heavy atom. The van der Waals surface area contributed by atoms with Crippen molar-refractivity contribution in [2.45, 2.75) is 45.6 Å². The van der Waals surface area contributed by atoms with Crippen LogP contribution in [0, 0.1) is 6.92 Å². The van der Waals surface area contributed by atoms with Crippen molar-refractivity contribution in [2.75, 3.05) is 25.1 Å². The average Bonchev–Trinajstić information content (AvgIpc) is 3.05. The Morgan fingerprint density at radius 2 is 1.96 bits per heavy atom. The van der Waals surface area contributed by atoms with Gasteiger partial charge in [-0.05, 0) is 37.8 Å². The van der Waals surface area contributed by atoms with Crippen molar-refractivity contribution in [3.63, 3.8) is 0 Å². The largest absolute Gasteiger partial charge is 0.465 e. The highest BCUT2D eigenvalue weighted by Crippen LogP contribution is 2.23. The van der Waals surface area contributed by atoms with Crippen LogP contribution in [0.15, 0.2) is 18.5 Å². The first kappa shape index (κ1) is 19.9. The molecule has 0 radical (unpaired) electrons. The Bertz CT molecular complexity index is 826. The van der Waals surface area contributed by atoms with Crippen molar-refractivity contribution >= 4 is 17.8 Å². The second kappa shape index (κ2) is 8.86. The second-order valence-electron chi connectivity index (χ2n) is 7.00. The fourth-order valence-corrected chi connectivity index (χ4v) is 3.68. The van der Waals surface area contributed by atoms with Crippen LogP contribution >= 0.6 is 0 Å². The zero-order valence-electron chi connectivity index (χ0n) is 16.6. The zero-order chi connectivity index (χ0) is 20.1. The first-order chi connectivity index (χ1) is 13.5. The van der Waals surface area contributed by atoms with E-state index in [9.17, 15) is 9.59 Å². The second-order valence-corrected chi connectivity index (χ2v) is 7.00. The van der Waals surface area contributed by atoms with Gasteiger partial charge < -0.3 is 19.9 Å². The Balaban J connectivity index is 1.68. The molecule has 3 heterocycles. The standard InChI is InChI=1S/C20H27N5O3/c1-4-6-15-16(19(27)28-3)13(2)23-17(15)18(26)24-14-7-11-25(12-8-14)20-21-9-5-10-22-20/h5,9-10,14,23H,4,6-8,11-12H2,1-3H3,(H,24,26). The highest BCUT2D eigenvalue weighted by atomic mass is 16.5. The monoisotopic (exact) mass is 385 g/mol. The summed E-state index contributed by atoms with van der Waals surface area (Å²) in [5.41, 5.74) is 2.34. The predicted molar refractivity (Wildman–Crippen MR) is 106 cm³/mol. The van der Waals surface area contributed by atoms with Crippen LogP contribution in [0.2, 0.25) is 0 Å². The molecule has 0 atom stereocenters. The SMILES string of the molecule is CCCc1c(C(=O)NC2CCN(c3ncccn3)CC2)[nH]c(C)c1C(=O)OC. The van der Waals surface area contributed by atoms with Gasteiger partial charge in [0.2, 0.25) is 5.95 Å². The number of hydrogen-bond donors (Lipinski definition) is 2. The van der Waals surface area contributed by atoms with E-state index >= 15 is 0 Å². The van der Waals surface area contributed by atoms with Gasteiger partial charge in [0, 0.05) is 37.2 Å². The molecular weight excluding hydrogens is 358 g/mol. The molecule has 1 fully saturated rings. The number of aromatic amines is 1. The van der Waals surface area contributed by atoms with Gasteiger partial charge in [-0.3, -0.25) is 4.79 Å². The lowest BCUT2D eigenvalue weighted by molar-refractivity contribution is 0.0599. The lowest BCUT2D eigenvalue weighted by Crippen LogP contribution is -2.45. The van der Waals surface area contributed by atoms with Crippen LogP contribution in [0.5, 0.6) is 0 Å². The molecule has 2 N–H and O–H groups in total. The quantitative estimate of drug-likeness (QED) is 0.740.